The molecule has 1 aromatic rings. The summed E-state index contributed by atoms with van der Waals surface area (Å²) in [5, 5.41) is 0. The molecule has 0 saturated carbocycles. The van der Waals surface area contributed by atoms with E-state index in [9.17, 15) is 4.79 Å². The number of carbonyl (C=O) groups is 1. The number of amides is 1. The number of carbonyl (C=O) groups excluding carboxylic acids is 1. The molecule has 0 aromatic heterocycles. The molecular weight excluding hydrogens is 312 g/mol. The minimum atomic E-state index is -0.335. The third-order valence-electron chi connectivity index (χ3n) is 4.15. The van der Waals surface area contributed by atoms with Gasteiger partial charge >= 0.3 is 6.09 Å². The molecule has 7 heteroatoms. The van der Waals surface area contributed by atoms with E-state index >= 15 is 0 Å². The zero-order valence-electron chi connectivity index (χ0n) is 14.0. The lowest BCUT2D eigenvalue weighted by Crippen LogP contribution is -2.38. The van der Waals surface area contributed by atoms with Gasteiger partial charge in [0.25, 0.3) is 0 Å². The van der Waals surface area contributed by atoms with Gasteiger partial charge in [0.15, 0.2) is 0 Å². The molecule has 2 heterocycles. The molecular formula is C17H24N2O5. The molecule has 2 aliphatic rings. The first-order chi connectivity index (χ1) is 11.8. The molecule has 0 radical (unpaired) electrons. The van der Waals surface area contributed by atoms with Crippen molar-refractivity contribution in [1.29, 1.82) is 0 Å². The van der Waals surface area contributed by atoms with Gasteiger partial charge in [-0.2, -0.15) is 0 Å². The SMILES string of the molecule is COCC1CN(c2ccc(OCCN3CCOCC3)cc2)C(=O)O1. The Morgan fingerprint density at radius 2 is 1.96 bits per heavy atom. The van der Waals surface area contributed by atoms with Gasteiger partial charge in [0.1, 0.15) is 18.5 Å². The second kappa shape index (κ2) is 8.32. The molecule has 2 aliphatic heterocycles. The molecule has 1 aromatic carbocycles. The average Bonchev–Trinajstić information content (AvgIpc) is 2.97. The summed E-state index contributed by atoms with van der Waals surface area (Å²) in [5.74, 6) is 0.799. The van der Waals surface area contributed by atoms with Crippen molar-refractivity contribution >= 4 is 11.8 Å². The number of hydrogen-bond donors (Lipinski definition) is 0. The maximum atomic E-state index is 11.9. The average molecular weight is 336 g/mol. The molecule has 1 amide bonds. The number of hydrogen-bond acceptors (Lipinski definition) is 6. The van der Waals surface area contributed by atoms with Crippen LogP contribution in [0.5, 0.6) is 5.75 Å². The van der Waals surface area contributed by atoms with E-state index in [2.05, 4.69) is 4.90 Å². The lowest BCUT2D eigenvalue weighted by atomic mass is 10.2. The minimum Gasteiger partial charge on any atom is -0.492 e. The highest BCUT2D eigenvalue weighted by Crippen LogP contribution is 2.24. The summed E-state index contributed by atoms with van der Waals surface area (Å²) in [6.07, 6.45) is -0.551. The van der Waals surface area contributed by atoms with Crippen molar-refractivity contribution in [3.63, 3.8) is 0 Å². The van der Waals surface area contributed by atoms with Gasteiger partial charge in [0.05, 0.1) is 26.4 Å². The second-order valence-electron chi connectivity index (χ2n) is 5.87. The maximum absolute atomic E-state index is 11.9. The first-order valence-corrected chi connectivity index (χ1v) is 8.26. The quantitative estimate of drug-likeness (QED) is 0.749. The minimum absolute atomic E-state index is 0.216. The number of morpholine rings is 1. The van der Waals surface area contributed by atoms with E-state index < -0.39 is 0 Å². The van der Waals surface area contributed by atoms with Gasteiger partial charge < -0.3 is 18.9 Å². The Morgan fingerprint density at radius 3 is 2.67 bits per heavy atom. The Kier molecular flexibility index (Phi) is 5.90. The molecule has 0 aliphatic carbocycles. The molecule has 0 spiro atoms. The monoisotopic (exact) mass is 336 g/mol. The van der Waals surface area contributed by atoms with E-state index in [0.29, 0.717) is 19.8 Å². The van der Waals surface area contributed by atoms with Crippen LogP contribution in [0.2, 0.25) is 0 Å². The van der Waals surface area contributed by atoms with Crippen LogP contribution in [-0.4, -0.2) is 76.8 Å². The summed E-state index contributed by atoms with van der Waals surface area (Å²) in [7, 11) is 1.60. The Labute approximate surface area is 142 Å². The molecule has 2 saturated heterocycles. The zero-order valence-corrected chi connectivity index (χ0v) is 14.0. The van der Waals surface area contributed by atoms with E-state index in [1.165, 1.54) is 0 Å². The molecule has 2 fully saturated rings. The number of methoxy groups -OCH3 is 1. The Morgan fingerprint density at radius 1 is 1.21 bits per heavy atom. The molecule has 0 N–H and O–H groups in total. The molecule has 3 rings (SSSR count). The fourth-order valence-corrected chi connectivity index (χ4v) is 2.84. The zero-order chi connectivity index (χ0) is 16.8. The van der Waals surface area contributed by atoms with E-state index in [0.717, 1.165) is 44.3 Å². The van der Waals surface area contributed by atoms with Gasteiger partial charge in [-0.15, -0.1) is 0 Å². The molecule has 7 nitrogen and oxygen atoms in total. The summed E-state index contributed by atoms with van der Waals surface area (Å²) in [4.78, 5) is 15.8. The van der Waals surface area contributed by atoms with Crippen LogP contribution in [0.1, 0.15) is 0 Å². The maximum Gasteiger partial charge on any atom is 0.414 e. The van der Waals surface area contributed by atoms with Crippen LogP contribution >= 0.6 is 0 Å². The van der Waals surface area contributed by atoms with Crippen molar-refractivity contribution in [2.45, 2.75) is 6.10 Å². The van der Waals surface area contributed by atoms with Crippen molar-refractivity contribution < 1.29 is 23.7 Å². The molecule has 132 valence electrons. The number of cyclic esters (lactones) is 1. The van der Waals surface area contributed by atoms with Crippen molar-refractivity contribution in [1.82, 2.24) is 4.90 Å². The molecule has 1 unspecified atom stereocenters. The summed E-state index contributed by atoms with van der Waals surface area (Å²) in [6, 6.07) is 7.51. The highest BCUT2D eigenvalue weighted by molar-refractivity contribution is 5.89. The van der Waals surface area contributed by atoms with Gasteiger partial charge in [-0.05, 0) is 24.3 Å². The predicted molar refractivity (Wildman–Crippen MR) is 88.7 cm³/mol. The van der Waals surface area contributed by atoms with Crippen LogP contribution < -0.4 is 9.64 Å². The number of anilines is 1. The number of rotatable bonds is 7. The first kappa shape index (κ1) is 17.0. The fraction of sp³-hybridized carbons (Fsp3) is 0.588. The van der Waals surface area contributed by atoms with Crippen LogP contribution in [0.3, 0.4) is 0 Å². The lowest BCUT2D eigenvalue weighted by Gasteiger charge is -2.26. The van der Waals surface area contributed by atoms with Gasteiger partial charge in [-0.25, -0.2) is 4.79 Å². The highest BCUT2D eigenvalue weighted by atomic mass is 16.6. The van der Waals surface area contributed by atoms with Gasteiger partial charge in [0, 0.05) is 32.4 Å². The van der Waals surface area contributed by atoms with E-state index in [-0.39, 0.29) is 12.2 Å². The van der Waals surface area contributed by atoms with Gasteiger partial charge in [-0.1, -0.05) is 0 Å². The highest BCUT2D eigenvalue weighted by Gasteiger charge is 2.32. The third kappa shape index (κ3) is 4.37. The van der Waals surface area contributed by atoms with Crippen LogP contribution in [0, 0.1) is 0 Å². The Hall–Kier alpha value is -1.83. The van der Waals surface area contributed by atoms with Crippen LogP contribution in [0.4, 0.5) is 10.5 Å². The Balaban J connectivity index is 1.47. The fourth-order valence-electron chi connectivity index (χ4n) is 2.84. The van der Waals surface area contributed by atoms with E-state index in [4.69, 9.17) is 18.9 Å². The normalized spacial score (nSPS) is 21.8. The van der Waals surface area contributed by atoms with Crippen LogP contribution in [0.15, 0.2) is 24.3 Å². The molecule has 1 atom stereocenters. The van der Waals surface area contributed by atoms with Crippen molar-refractivity contribution in [2.75, 3.05) is 64.6 Å². The number of benzene rings is 1. The number of nitrogens with zero attached hydrogens (tertiary/aromatic N) is 2. The van der Waals surface area contributed by atoms with Gasteiger partial charge in [0.2, 0.25) is 0 Å². The standard InChI is InChI=1S/C17H24N2O5/c1-21-13-16-12-19(17(20)24-16)14-2-4-15(5-3-14)23-11-8-18-6-9-22-10-7-18/h2-5,16H,6-13H2,1H3. The molecule has 0 bridgehead atoms. The predicted octanol–water partition coefficient (Wildman–Crippen LogP) is 1.37. The first-order valence-electron chi connectivity index (χ1n) is 8.26. The number of ether oxygens (including phenoxy) is 4. The largest absolute Gasteiger partial charge is 0.492 e. The van der Waals surface area contributed by atoms with Crippen molar-refractivity contribution in [3.8, 4) is 5.75 Å². The summed E-state index contributed by atoms with van der Waals surface area (Å²) in [5.41, 5.74) is 0.805. The van der Waals surface area contributed by atoms with E-state index in [1.54, 1.807) is 12.0 Å². The van der Waals surface area contributed by atoms with Crippen molar-refractivity contribution in [3.05, 3.63) is 24.3 Å². The third-order valence-corrected chi connectivity index (χ3v) is 4.15. The van der Waals surface area contributed by atoms with E-state index in [1.807, 2.05) is 24.3 Å². The smallest absolute Gasteiger partial charge is 0.414 e. The lowest BCUT2D eigenvalue weighted by molar-refractivity contribution is 0.0322. The summed E-state index contributed by atoms with van der Waals surface area (Å²) >= 11 is 0. The van der Waals surface area contributed by atoms with Crippen LogP contribution in [0.25, 0.3) is 0 Å². The van der Waals surface area contributed by atoms with Gasteiger partial charge in [-0.3, -0.25) is 9.80 Å². The molecule has 24 heavy (non-hydrogen) atoms. The Bertz CT molecular complexity index is 530. The van der Waals surface area contributed by atoms with Crippen molar-refractivity contribution in [2.24, 2.45) is 0 Å². The summed E-state index contributed by atoms with van der Waals surface area (Å²) in [6.45, 7) is 5.96. The second-order valence-corrected chi connectivity index (χ2v) is 5.87. The summed E-state index contributed by atoms with van der Waals surface area (Å²) < 4.78 is 21.4. The van der Waals surface area contributed by atoms with Crippen LogP contribution in [-0.2, 0) is 14.2 Å². The topological polar surface area (TPSA) is 60.5 Å².